The minimum Gasteiger partial charge on any atom is -0.373 e. The highest BCUT2D eigenvalue weighted by molar-refractivity contribution is 5.51. The van der Waals surface area contributed by atoms with E-state index in [4.69, 9.17) is 4.74 Å². The Morgan fingerprint density at radius 1 is 1.22 bits per heavy atom. The molecule has 8 heteroatoms. The van der Waals surface area contributed by atoms with Gasteiger partial charge >= 0.3 is 5.69 Å². The Hall–Kier alpha value is -2.11. The first-order valence-electron chi connectivity index (χ1n) is 7.67. The number of nitrogens with one attached hydrogen (secondary N) is 1. The third-order valence-corrected chi connectivity index (χ3v) is 3.99. The van der Waals surface area contributed by atoms with Crippen LogP contribution in [0.2, 0.25) is 0 Å². The van der Waals surface area contributed by atoms with E-state index in [1.54, 1.807) is 7.05 Å². The van der Waals surface area contributed by atoms with E-state index < -0.39 is 11.2 Å². The molecule has 1 aliphatic rings. The molecular formula is C15H23N5O3. The quantitative estimate of drug-likeness (QED) is 0.802. The molecule has 0 bridgehead atoms. The Kier molecular flexibility index (Phi) is 5.23. The first-order valence-corrected chi connectivity index (χ1v) is 7.67. The number of morpholine rings is 1. The molecule has 0 radical (unpaired) electrons. The van der Waals surface area contributed by atoms with Crippen molar-refractivity contribution in [2.75, 3.05) is 31.5 Å². The maximum Gasteiger partial charge on any atom is 0.332 e. The van der Waals surface area contributed by atoms with Crippen molar-refractivity contribution in [2.24, 2.45) is 14.1 Å². The van der Waals surface area contributed by atoms with Crippen LogP contribution in [-0.2, 0) is 18.8 Å². The number of nitriles is 1. The van der Waals surface area contributed by atoms with Crippen LogP contribution in [0, 0.1) is 11.3 Å². The normalized spacial score (nSPS) is 21.9. The smallest absolute Gasteiger partial charge is 0.332 e. The lowest BCUT2D eigenvalue weighted by Gasteiger charge is -2.35. The summed E-state index contributed by atoms with van der Waals surface area (Å²) in [5.41, 5.74) is -1.07. The number of hydrogen-bond donors (Lipinski definition) is 1. The summed E-state index contributed by atoms with van der Waals surface area (Å²) in [6.45, 7) is 7.03. The third kappa shape index (κ3) is 3.63. The summed E-state index contributed by atoms with van der Waals surface area (Å²) in [4.78, 5) is 26.2. The number of ether oxygens (including phenoxy) is 1. The van der Waals surface area contributed by atoms with E-state index in [0.29, 0.717) is 6.54 Å². The van der Waals surface area contributed by atoms with Crippen molar-refractivity contribution < 1.29 is 4.74 Å². The molecule has 0 unspecified atom stereocenters. The molecule has 8 nitrogen and oxygen atoms in total. The molecule has 1 fully saturated rings. The molecule has 23 heavy (non-hydrogen) atoms. The van der Waals surface area contributed by atoms with E-state index in [1.165, 1.54) is 11.6 Å². The van der Waals surface area contributed by atoms with E-state index in [9.17, 15) is 14.9 Å². The number of nitrogens with zero attached hydrogens (tertiary/aromatic N) is 4. The van der Waals surface area contributed by atoms with Crippen LogP contribution >= 0.6 is 0 Å². The second-order valence-corrected chi connectivity index (χ2v) is 5.98. The molecule has 0 aliphatic carbocycles. The van der Waals surface area contributed by atoms with E-state index in [-0.39, 0.29) is 23.6 Å². The van der Waals surface area contributed by atoms with Crippen LogP contribution in [0.4, 0.5) is 5.82 Å². The van der Waals surface area contributed by atoms with Gasteiger partial charge in [0.2, 0.25) is 0 Å². The second-order valence-electron chi connectivity index (χ2n) is 5.98. The molecule has 0 aromatic carbocycles. The summed E-state index contributed by atoms with van der Waals surface area (Å²) in [7, 11) is 2.91. The number of anilines is 1. The van der Waals surface area contributed by atoms with Crippen LogP contribution in [0.3, 0.4) is 0 Å². The van der Waals surface area contributed by atoms with Crippen molar-refractivity contribution in [3.63, 3.8) is 0 Å². The van der Waals surface area contributed by atoms with Crippen molar-refractivity contribution in [3.8, 4) is 6.07 Å². The van der Waals surface area contributed by atoms with Gasteiger partial charge in [-0.25, -0.2) is 4.79 Å². The fourth-order valence-electron chi connectivity index (χ4n) is 2.95. The Labute approximate surface area is 134 Å². The van der Waals surface area contributed by atoms with Gasteiger partial charge in [-0.05, 0) is 13.8 Å². The van der Waals surface area contributed by atoms with Crippen molar-refractivity contribution in [1.82, 2.24) is 14.0 Å². The zero-order chi connectivity index (χ0) is 17.1. The highest BCUT2D eigenvalue weighted by Crippen LogP contribution is 2.11. The average Bonchev–Trinajstić information content (AvgIpc) is 2.49. The van der Waals surface area contributed by atoms with Gasteiger partial charge in [-0.2, -0.15) is 5.26 Å². The summed E-state index contributed by atoms with van der Waals surface area (Å²) in [5, 5.41) is 12.3. The maximum atomic E-state index is 12.0. The van der Waals surface area contributed by atoms with Crippen molar-refractivity contribution in [2.45, 2.75) is 26.1 Å². The van der Waals surface area contributed by atoms with Crippen LogP contribution in [0.5, 0.6) is 0 Å². The molecule has 2 heterocycles. The predicted octanol–water partition coefficient (Wildman–Crippen LogP) is -0.523. The Morgan fingerprint density at radius 2 is 1.83 bits per heavy atom. The van der Waals surface area contributed by atoms with Crippen molar-refractivity contribution in [3.05, 3.63) is 26.4 Å². The summed E-state index contributed by atoms with van der Waals surface area (Å²) >= 11 is 0. The number of hydrogen-bond acceptors (Lipinski definition) is 6. The second kappa shape index (κ2) is 6.98. The average molecular weight is 321 g/mol. The van der Waals surface area contributed by atoms with Gasteiger partial charge in [0.05, 0.1) is 12.2 Å². The zero-order valence-electron chi connectivity index (χ0n) is 14.0. The van der Waals surface area contributed by atoms with Gasteiger partial charge < -0.3 is 10.1 Å². The van der Waals surface area contributed by atoms with Gasteiger partial charge in [-0.3, -0.25) is 18.8 Å². The fraction of sp³-hybridized carbons (Fsp3) is 0.667. The molecule has 1 N–H and O–H groups in total. The molecule has 1 aromatic rings. The van der Waals surface area contributed by atoms with Gasteiger partial charge in [0.15, 0.2) is 5.56 Å². The first kappa shape index (κ1) is 17.2. The lowest BCUT2D eigenvalue weighted by Crippen LogP contribution is -2.47. The minimum atomic E-state index is -0.577. The third-order valence-electron chi connectivity index (χ3n) is 3.99. The molecule has 1 saturated heterocycles. The Bertz CT molecular complexity index is 720. The predicted molar refractivity (Wildman–Crippen MR) is 86.6 cm³/mol. The summed E-state index contributed by atoms with van der Waals surface area (Å²) in [5.74, 6) is 0.273. The van der Waals surface area contributed by atoms with Crippen LogP contribution in [-0.4, -0.2) is 52.4 Å². The molecule has 2 rings (SSSR count). The summed E-state index contributed by atoms with van der Waals surface area (Å²) in [6, 6.07) is 1.89. The van der Waals surface area contributed by atoms with E-state index >= 15 is 0 Å². The van der Waals surface area contributed by atoms with Gasteiger partial charge in [0.25, 0.3) is 5.56 Å². The van der Waals surface area contributed by atoms with Crippen LogP contribution < -0.4 is 16.6 Å². The summed E-state index contributed by atoms with van der Waals surface area (Å²) in [6.07, 6.45) is 0.364. The number of aromatic nitrogens is 2. The highest BCUT2D eigenvalue weighted by Gasteiger charge is 2.22. The maximum absolute atomic E-state index is 12.0. The van der Waals surface area contributed by atoms with E-state index in [2.05, 4.69) is 10.2 Å². The largest absolute Gasteiger partial charge is 0.373 e. The fourth-order valence-corrected chi connectivity index (χ4v) is 2.95. The monoisotopic (exact) mass is 321 g/mol. The van der Waals surface area contributed by atoms with Gasteiger partial charge in [-0.15, -0.1) is 0 Å². The van der Waals surface area contributed by atoms with Gasteiger partial charge in [0, 0.05) is 40.3 Å². The molecular weight excluding hydrogens is 298 g/mol. The van der Waals surface area contributed by atoms with Crippen molar-refractivity contribution >= 4 is 5.82 Å². The van der Waals surface area contributed by atoms with Crippen LogP contribution in [0.1, 0.15) is 19.4 Å². The standard InChI is InChI=1S/C15H23N5O3/c1-10-8-20(9-11(2)23-10)6-5-17-13-12(7-16)14(21)19(4)15(22)18(13)3/h10-11,17H,5-6,8-9H2,1-4H3/t10-,11-/m0/s1. The van der Waals surface area contributed by atoms with Crippen molar-refractivity contribution in [1.29, 1.82) is 5.26 Å². The van der Waals surface area contributed by atoms with Crippen LogP contribution in [0.25, 0.3) is 0 Å². The van der Waals surface area contributed by atoms with Gasteiger partial charge in [0.1, 0.15) is 11.9 Å². The Balaban J connectivity index is 2.11. The number of rotatable bonds is 4. The Morgan fingerprint density at radius 3 is 2.39 bits per heavy atom. The molecule has 126 valence electrons. The lowest BCUT2D eigenvalue weighted by atomic mass is 10.2. The molecule has 0 amide bonds. The lowest BCUT2D eigenvalue weighted by molar-refractivity contribution is -0.0667. The minimum absolute atomic E-state index is 0.0432. The topological polar surface area (TPSA) is 92.3 Å². The molecule has 2 atom stereocenters. The van der Waals surface area contributed by atoms with Crippen LogP contribution in [0.15, 0.2) is 9.59 Å². The molecule has 1 aliphatic heterocycles. The SMILES string of the molecule is C[C@H]1CN(CCNc2c(C#N)c(=O)n(C)c(=O)n2C)C[C@H](C)O1. The van der Waals surface area contributed by atoms with Gasteiger partial charge in [-0.1, -0.05) is 0 Å². The zero-order valence-corrected chi connectivity index (χ0v) is 14.0. The molecule has 1 aromatic heterocycles. The van der Waals surface area contributed by atoms with E-state index in [1.807, 2.05) is 19.9 Å². The molecule has 0 spiro atoms. The highest BCUT2D eigenvalue weighted by atomic mass is 16.5. The van der Waals surface area contributed by atoms with E-state index in [0.717, 1.165) is 24.2 Å². The molecule has 0 saturated carbocycles. The summed E-state index contributed by atoms with van der Waals surface area (Å²) < 4.78 is 7.92. The first-order chi connectivity index (χ1) is 10.8.